The number of rotatable bonds is 4. The third-order valence-electron chi connectivity index (χ3n) is 4.28. The Morgan fingerprint density at radius 3 is 2.57 bits per heavy atom. The highest BCUT2D eigenvalue weighted by Gasteiger charge is 2.22. The number of carbonyl (C=O) groups is 1. The molecule has 2 aromatic rings. The van der Waals surface area contributed by atoms with Gasteiger partial charge in [-0.25, -0.2) is 4.39 Å². The Hall–Kier alpha value is -2.40. The van der Waals surface area contributed by atoms with Gasteiger partial charge in [0.1, 0.15) is 12.4 Å². The maximum absolute atomic E-state index is 13.2. The van der Waals surface area contributed by atoms with Gasteiger partial charge >= 0.3 is 0 Å². The molecule has 0 saturated carbocycles. The molecule has 0 radical (unpaired) electrons. The molecule has 0 aliphatic carbocycles. The number of benzene rings is 2. The Bertz CT molecular complexity index is 697. The first-order valence-electron chi connectivity index (χ1n) is 7.77. The number of anilines is 1. The summed E-state index contributed by atoms with van der Waals surface area (Å²) in [5, 5.41) is 11.2. The number of halogens is 1. The average Bonchev–Trinajstić information content (AvgIpc) is 2.55. The minimum atomic E-state index is -1.14. The van der Waals surface area contributed by atoms with E-state index in [0.29, 0.717) is 0 Å². The number of para-hydroxylation sites is 1. The predicted molar refractivity (Wildman–Crippen MR) is 83.8 cm³/mol. The normalized spacial score (nSPS) is 15.6. The fraction of sp³-hybridized carbons (Fsp3) is 0.278. The number of hydrogen-bond acceptors (Lipinski definition) is 3. The predicted octanol–water partition coefficient (Wildman–Crippen LogP) is 0.0943. The van der Waals surface area contributed by atoms with Crippen molar-refractivity contribution in [1.82, 2.24) is 0 Å². The molecule has 2 aromatic carbocycles. The molecule has 1 fully saturated rings. The Kier molecular flexibility index (Phi) is 4.57. The van der Waals surface area contributed by atoms with Crippen LogP contribution in [0.15, 0.2) is 48.5 Å². The largest absolute Gasteiger partial charge is 0.545 e. The number of piperazine rings is 1. The zero-order valence-corrected chi connectivity index (χ0v) is 12.8. The molecule has 0 bridgehead atoms. The fourth-order valence-electron chi connectivity index (χ4n) is 3.10. The van der Waals surface area contributed by atoms with Crippen LogP contribution in [0.5, 0.6) is 0 Å². The van der Waals surface area contributed by atoms with Crippen LogP contribution >= 0.6 is 0 Å². The molecule has 23 heavy (non-hydrogen) atoms. The van der Waals surface area contributed by atoms with E-state index in [9.17, 15) is 14.3 Å². The summed E-state index contributed by atoms with van der Waals surface area (Å²) in [6, 6.07) is 13.6. The number of hydrogen-bond donors (Lipinski definition) is 1. The lowest BCUT2D eigenvalue weighted by molar-refractivity contribution is -0.914. The van der Waals surface area contributed by atoms with Crippen LogP contribution in [0.4, 0.5) is 10.1 Å². The van der Waals surface area contributed by atoms with E-state index in [-0.39, 0.29) is 11.4 Å². The fourth-order valence-corrected chi connectivity index (χ4v) is 3.10. The Balaban J connectivity index is 1.64. The van der Waals surface area contributed by atoms with Crippen molar-refractivity contribution in [2.24, 2.45) is 0 Å². The molecule has 0 amide bonds. The number of carboxylic acid groups (broad SMARTS) is 1. The molecule has 1 aliphatic rings. The minimum Gasteiger partial charge on any atom is -0.545 e. The molecule has 120 valence electrons. The van der Waals surface area contributed by atoms with Crippen molar-refractivity contribution in [3.8, 4) is 0 Å². The molecule has 3 rings (SSSR count). The number of aromatic carboxylic acids is 1. The van der Waals surface area contributed by atoms with Crippen LogP contribution < -0.4 is 14.9 Å². The van der Waals surface area contributed by atoms with E-state index in [0.717, 1.165) is 44.0 Å². The molecular formula is C18H19FN2O2. The first kappa shape index (κ1) is 15.5. The molecule has 1 heterocycles. The molecule has 0 unspecified atom stereocenters. The first-order chi connectivity index (χ1) is 11.1. The standard InChI is InChI=1S/C18H19FN2O2/c19-15-5-3-4-14(12-15)13-20-8-10-21(11-9-20)17-7-2-1-6-16(17)18(22)23/h1-7,12H,8-11,13H2,(H,22,23). The highest BCUT2D eigenvalue weighted by Crippen LogP contribution is 2.19. The zero-order valence-electron chi connectivity index (χ0n) is 12.8. The molecule has 0 spiro atoms. The molecule has 0 aromatic heterocycles. The lowest BCUT2D eigenvalue weighted by Crippen LogP contribution is -3.13. The zero-order chi connectivity index (χ0) is 16.2. The second kappa shape index (κ2) is 6.79. The lowest BCUT2D eigenvalue weighted by atomic mass is 10.1. The smallest absolute Gasteiger partial charge is 0.123 e. The summed E-state index contributed by atoms with van der Waals surface area (Å²) in [6.45, 7) is 4.10. The van der Waals surface area contributed by atoms with Crippen molar-refractivity contribution >= 4 is 11.7 Å². The van der Waals surface area contributed by atoms with Crippen molar-refractivity contribution in [2.75, 3.05) is 31.1 Å². The minimum absolute atomic E-state index is 0.205. The van der Waals surface area contributed by atoms with Crippen LogP contribution in [0.1, 0.15) is 15.9 Å². The van der Waals surface area contributed by atoms with Gasteiger partial charge in [0, 0.05) is 16.8 Å². The van der Waals surface area contributed by atoms with E-state index in [1.165, 1.54) is 11.0 Å². The quantitative estimate of drug-likeness (QED) is 0.870. The second-order valence-corrected chi connectivity index (χ2v) is 5.85. The van der Waals surface area contributed by atoms with Crippen LogP contribution in [0.3, 0.4) is 0 Å². The molecule has 0 atom stereocenters. The molecule has 1 aliphatic heterocycles. The van der Waals surface area contributed by atoms with Gasteiger partial charge in [0.15, 0.2) is 0 Å². The maximum atomic E-state index is 13.2. The van der Waals surface area contributed by atoms with Crippen molar-refractivity contribution in [1.29, 1.82) is 0 Å². The maximum Gasteiger partial charge on any atom is 0.123 e. The monoisotopic (exact) mass is 314 g/mol. The van der Waals surface area contributed by atoms with Crippen LogP contribution in [0.2, 0.25) is 0 Å². The lowest BCUT2D eigenvalue weighted by Gasteiger charge is -2.34. The van der Waals surface area contributed by atoms with E-state index in [4.69, 9.17) is 0 Å². The Morgan fingerprint density at radius 2 is 1.87 bits per heavy atom. The summed E-state index contributed by atoms with van der Waals surface area (Å²) < 4.78 is 13.2. The number of quaternary nitrogens is 1. The van der Waals surface area contributed by atoms with Crippen molar-refractivity contribution in [3.05, 3.63) is 65.5 Å². The van der Waals surface area contributed by atoms with E-state index in [2.05, 4.69) is 4.90 Å². The van der Waals surface area contributed by atoms with Crippen LogP contribution in [0, 0.1) is 5.82 Å². The van der Waals surface area contributed by atoms with Gasteiger partial charge in [-0.05, 0) is 18.2 Å². The summed E-state index contributed by atoms with van der Waals surface area (Å²) in [6.07, 6.45) is 0. The summed E-state index contributed by atoms with van der Waals surface area (Å²) in [5.74, 6) is -1.35. The van der Waals surface area contributed by atoms with Crippen molar-refractivity contribution in [3.63, 3.8) is 0 Å². The number of nitrogens with zero attached hydrogens (tertiary/aromatic N) is 1. The third-order valence-corrected chi connectivity index (χ3v) is 4.28. The molecule has 1 N–H and O–H groups in total. The van der Waals surface area contributed by atoms with Gasteiger partial charge < -0.3 is 19.7 Å². The van der Waals surface area contributed by atoms with Crippen LogP contribution in [0.25, 0.3) is 0 Å². The van der Waals surface area contributed by atoms with Gasteiger partial charge in [0.25, 0.3) is 0 Å². The van der Waals surface area contributed by atoms with Gasteiger partial charge in [0.05, 0.1) is 32.1 Å². The summed E-state index contributed by atoms with van der Waals surface area (Å²) in [4.78, 5) is 14.7. The first-order valence-corrected chi connectivity index (χ1v) is 7.77. The Morgan fingerprint density at radius 1 is 1.13 bits per heavy atom. The summed E-state index contributed by atoms with van der Waals surface area (Å²) >= 11 is 0. The van der Waals surface area contributed by atoms with Gasteiger partial charge in [-0.1, -0.05) is 30.3 Å². The van der Waals surface area contributed by atoms with E-state index in [1.54, 1.807) is 24.3 Å². The highest BCUT2D eigenvalue weighted by molar-refractivity contribution is 5.93. The van der Waals surface area contributed by atoms with Gasteiger partial charge in [-0.15, -0.1) is 0 Å². The van der Waals surface area contributed by atoms with Crippen LogP contribution in [-0.2, 0) is 6.54 Å². The van der Waals surface area contributed by atoms with Crippen molar-refractivity contribution < 1.29 is 19.2 Å². The van der Waals surface area contributed by atoms with Gasteiger partial charge in [-0.3, -0.25) is 0 Å². The van der Waals surface area contributed by atoms with Crippen LogP contribution in [-0.4, -0.2) is 32.1 Å². The average molecular weight is 314 g/mol. The third kappa shape index (κ3) is 3.68. The SMILES string of the molecule is O=C([O-])c1ccccc1N1CC[NH+](Cc2cccc(F)c2)CC1. The van der Waals surface area contributed by atoms with Gasteiger partial charge in [-0.2, -0.15) is 0 Å². The van der Waals surface area contributed by atoms with E-state index < -0.39 is 5.97 Å². The number of nitrogens with one attached hydrogen (secondary N) is 1. The number of carboxylic acids is 1. The van der Waals surface area contributed by atoms with E-state index >= 15 is 0 Å². The van der Waals surface area contributed by atoms with Crippen molar-refractivity contribution in [2.45, 2.75) is 6.54 Å². The molecule has 5 heteroatoms. The Labute approximate surface area is 134 Å². The summed E-state index contributed by atoms with van der Waals surface area (Å²) in [7, 11) is 0. The molecule has 1 saturated heterocycles. The summed E-state index contributed by atoms with van der Waals surface area (Å²) in [5.41, 5.74) is 1.95. The topological polar surface area (TPSA) is 47.8 Å². The number of carbonyl (C=O) groups excluding carboxylic acids is 1. The highest BCUT2D eigenvalue weighted by atomic mass is 19.1. The second-order valence-electron chi connectivity index (χ2n) is 5.85. The van der Waals surface area contributed by atoms with Gasteiger partial charge in [0.2, 0.25) is 0 Å². The van der Waals surface area contributed by atoms with E-state index in [1.807, 2.05) is 18.2 Å². The molecule has 4 nitrogen and oxygen atoms in total. The molecular weight excluding hydrogens is 295 g/mol.